The van der Waals surface area contributed by atoms with Crippen LogP contribution in [0.25, 0.3) is 5.52 Å². The first-order valence-corrected chi connectivity index (χ1v) is 13.8. The van der Waals surface area contributed by atoms with Gasteiger partial charge in [-0.1, -0.05) is 32.9 Å². The maximum absolute atomic E-state index is 13.7. The second-order valence-corrected chi connectivity index (χ2v) is 11.0. The SMILES string of the molecule is CCC(NCc1ccc(OC)c(OC)c1)Oc1ccc(S(=O)(=O)c2c(C(C)C)cc3ccccn23)cc1. The summed E-state index contributed by atoms with van der Waals surface area (Å²) >= 11 is 0. The highest BCUT2D eigenvalue weighted by atomic mass is 32.2. The number of fused-ring (bicyclic) bond motifs is 1. The van der Waals surface area contributed by atoms with E-state index in [1.807, 2.05) is 63.2 Å². The Labute approximate surface area is 218 Å². The summed E-state index contributed by atoms with van der Waals surface area (Å²) in [5.41, 5.74) is 2.69. The molecular weight excluding hydrogens is 488 g/mol. The van der Waals surface area contributed by atoms with E-state index in [2.05, 4.69) is 5.32 Å². The van der Waals surface area contributed by atoms with Gasteiger partial charge in [-0.15, -0.1) is 0 Å². The number of nitrogens with zero attached hydrogens (tertiary/aromatic N) is 1. The summed E-state index contributed by atoms with van der Waals surface area (Å²) in [6.07, 6.45) is 2.26. The van der Waals surface area contributed by atoms with Gasteiger partial charge >= 0.3 is 0 Å². The largest absolute Gasteiger partial charge is 0.493 e. The molecule has 0 aliphatic heterocycles. The van der Waals surface area contributed by atoms with E-state index >= 15 is 0 Å². The van der Waals surface area contributed by atoms with Crippen molar-refractivity contribution >= 4 is 15.4 Å². The van der Waals surface area contributed by atoms with E-state index in [0.717, 1.165) is 23.1 Å². The lowest BCUT2D eigenvalue weighted by atomic mass is 10.1. The van der Waals surface area contributed by atoms with E-state index in [4.69, 9.17) is 14.2 Å². The zero-order valence-corrected chi connectivity index (χ0v) is 22.7. The number of methoxy groups -OCH3 is 2. The first kappa shape index (κ1) is 26.6. The van der Waals surface area contributed by atoms with E-state index in [0.29, 0.717) is 28.8 Å². The molecule has 2 aromatic heterocycles. The van der Waals surface area contributed by atoms with Crippen molar-refractivity contribution in [2.75, 3.05) is 14.2 Å². The molecule has 0 saturated heterocycles. The van der Waals surface area contributed by atoms with E-state index in [1.54, 1.807) is 49.1 Å². The summed E-state index contributed by atoms with van der Waals surface area (Å²) in [5.74, 6) is 2.01. The molecular formula is C29H34N2O5S. The van der Waals surface area contributed by atoms with Crippen molar-refractivity contribution in [3.63, 3.8) is 0 Å². The molecule has 0 amide bonds. The molecule has 0 saturated carbocycles. The van der Waals surface area contributed by atoms with Crippen molar-refractivity contribution in [1.82, 2.24) is 9.72 Å². The molecule has 0 bridgehead atoms. The second-order valence-electron chi connectivity index (χ2n) is 9.11. The van der Waals surface area contributed by atoms with Gasteiger partial charge in [0.2, 0.25) is 9.84 Å². The molecule has 0 aliphatic carbocycles. The van der Waals surface area contributed by atoms with Crippen LogP contribution < -0.4 is 19.5 Å². The average Bonchev–Trinajstić information content (AvgIpc) is 3.32. The summed E-state index contributed by atoms with van der Waals surface area (Å²) in [6, 6.07) is 20.0. The van der Waals surface area contributed by atoms with Gasteiger partial charge in [0.15, 0.2) is 11.5 Å². The van der Waals surface area contributed by atoms with Crippen LogP contribution in [0.3, 0.4) is 0 Å². The Morgan fingerprint density at radius 1 is 0.919 bits per heavy atom. The Bertz CT molecular complexity index is 1460. The first-order valence-electron chi connectivity index (χ1n) is 12.3. The van der Waals surface area contributed by atoms with Gasteiger partial charge in [0.05, 0.1) is 19.1 Å². The van der Waals surface area contributed by atoms with Gasteiger partial charge in [0, 0.05) is 18.3 Å². The van der Waals surface area contributed by atoms with Crippen LogP contribution in [-0.4, -0.2) is 33.3 Å². The molecule has 0 aliphatic rings. The molecule has 2 heterocycles. The second kappa shape index (κ2) is 11.3. The topological polar surface area (TPSA) is 78.3 Å². The summed E-state index contributed by atoms with van der Waals surface area (Å²) in [7, 11) is -0.519. The molecule has 8 heteroatoms. The fourth-order valence-electron chi connectivity index (χ4n) is 4.28. The zero-order valence-electron chi connectivity index (χ0n) is 21.9. The number of ether oxygens (including phenoxy) is 3. The van der Waals surface area contributed by atoms with Crippen molar-refractivity contribution in [1.29, 1.82) is 0 Å². The molecule has 196 valence electrons. The number of rotatable bonds is 11. The highest BCUT2D eigenvalue weighted by Gasteiger charge is 2.27. The Balaban J connectivity index is 1.50. The van der Waals surface area contributed by atoms with Crippen molar-refractivity contribution in [3.8, 4) is 17.2 Å². The van der Waals surface area contributed by atoms with Gasteiger partial charge in [0.25, 0.3) is 0 Å². The monoisotopic (exact) mass is 522 g/mol. The van der Waals surface area contributed by atoms with Gasteiger partial charge < -0.3 is 18.6 Å². The average molecular weight is 523 g/mol. The van der Waals surface area contributed by atoms with Crippen molar-refractivity contribution in [2.24, 2.45) is 0 Å². The van der Waals surface area contributed by atoms with Gasteiger partial charge in [0.1, 0.15) is 17.0 Å². The minimum Gasteiger partial charge on any atom is -0.493 e. The number of pyridine rings is 1. The number of hydrogen-bond acceptors (Lipinski definition) is 6. The normalized spacial score (nSPS) is 12.6. The highest BCUT2D eigenvalue weighted by Crippen LogP contribution is 2.33. The fraction of sp³-hybridized carbons (Fsp3) is 0.310. The number of benzene rings is 2. The van der Waals surface area contributed by atoms with E-state index in [1.165, 1.54) is 0 Å². The molecule has 1 N–H and O–H groups in total. The van der Waals surface area contributed by atoms with E-state index < -0.39 is 9.84 Å². The van der Waals surface area contributed by atoms with Crippen LogP contribution in [0.15, 0.2) is 82.8 Å². The Morgan fingerprint density at radius 2 is 1.65 bits per heavy atom. The standard InChI is InChI=1S/C29H34N2O5S/c1-6-28(30-19-21-10-15-26(34-4)27(17-21)35-5)36-23-11-13-24(14-12-23)37(32,33)29-25(20(2)3)18-22-9-7-8-16-31(22)29/h7-18,20,28,30H,6,19H2,1-5H3. The van der Waals surface area contributed by atoms with Crippen molar-refractivity contribution in [2.45, 2.75) is 55.8 Å². The highest BCUT2D eigenvalue weighted by molar-refractivity contribution is 7.91. The summed E-state index contributed by atoms with van der Waals surface area (Å²) < 4.78 is 45.9. The first-order chi connectivity index (χ1) is 17.8. The molecule has 4 rings (SSSR count). The van der Waals surface area contributed by atoms with E-state index in [9.17, 15) is 8.42 Å². The zero-order chi connectivity index (χ0) is 26.6. The maximum Gasteiger partial charge on any atom is 0.222 e. The molecule has 2 aromatic carbocycles. The molecule has 0 spiro atoms. The molecule has 7 nitrogen and oxygen atoms in total. The smallest absolute Gasteiger partial charge is 0.222 e. The number of hydrogen-bond donors (Lipinski definition) is 1. The van der Waals surface area contributed by atoms with Crippen LogP contribution in [0.4, 0.5) is 0 Å². The van der Waals surface area contributed by atoms with E-state index in [-0.39, 0.29) is 17.0 Å². The minimum atomic E-state index is -3.74. The minimum absolute atomic E-state index is 0.0642. The quantitative estimate of drug-likeness (QED) is 0.250. The van der Waals surface area contributed by atoms with Gasteiger partial charge in [-0.2, -0.15) is 0 Å². The molecule has 0 fully saturated rings. The number of aromatic nitrogens is 1. The predicted molar refractivity (Wildman–Crippen MR) is 144 cm³/mol. The van der Waals surface area contributed by atoms with Gasteiger partial charge in [-0.25, -0.2) is 8.42 Å². The van der Waals surface area contributed by atoms with Crippen LogP contribution in [-0.2, 0) is 16.4 Å². The fourth-order valence-corrected chi connectivity index (χ4v) is 6.03. The number of nitrogens with one attached hydrogen (secondary N) is 1. The molecule has 4 aromatic rings. The summed E-state index contributed by atoms with van der Waals surface area (Å²) in [4.78, 5) is 0.233. The molecule has 0 radical (unpaired) electrons. The summed E-state index contributed by atoms with van der Waals surface area (Å²) in [6.45, 7) is 6.61. The lowest BCUT2D eigenvalue weighted by molar-refractivity contribution is 0.157. The third-order valence-corrected chi connectivity index (χ3v) is 8.14. The van der Waals surface area contributed by atoms with Crippen LogP contribution in [0.2, 0.25) is 0 Å². The predicted octanol–water partition coefficient (Wildman–Crippen LogP) is 5.82. The van der Waals surface area contributed by atoms with Crippen molar-refractivity contribution < 1.29 is 22.6 Å². The van der Waals surface area contributed by atoms with Gasteiger partial charge in [-0.3, -0.25) is 5.32 Å². The van der Waals surface area contributed by atoms with Gasteiger partial charge in [-0.05, 0) is 78.1 Å². The van der Waals surface area contributed by atoms with Crippen LogP contribution >= 0.6 is 0 Å². The number of sulfone groups is 1. The maximum atomic E-state index is 13.7. The molecule has 1 unspecified atom stereocenters. The van der Waals surface area contributed by atoms with Crippen LogP contribution in [0.5, 0.6) is 17.2 Å². The molecule has 1 atom stereocenters. The Kier molecular flexibility index (Phi) is 8.10. The Hall–Kier alpha value is -3.49. The van der Waals surface area contributed by atoms with Crippen LogP contribution in [0.1, 0.15) is 44.2 Å². The lowest BCUT2D eigenvalue weighted by Crippen LogP contribution is -2.33. The Morgan fingerprint density at radius 3 is 2.30 bits per heavy atom. The third kappa shape index (κ3) is 5.60. The molecule has 37 heavy (non-hydrogen) atoms. The van der Waals surface area contributed by atoms with Crippen molar-refractivity contribution in [3.05, 3.63) is 84.1 Å². The third-order valence-electron chi connectivity index (χ3n) is 6.30. The van der Waals surface area contributed by atoms with Crippen LogP contribution in [0, 0.1) is 0 Å². The lowest BCUT2D eigenvalue weighted by Gasteiger charge is -2.20. The summed E-state index contributed by atoms with van der Waals surface area (Å²) in [5, 5.41) is 3.70.